The van der Waals surface area contributed by atoms with E-state index in [0.29, 0.717) is 0 Å². The molecule has 0 aromatic heterocycles. The number of ether oxygens (including phenoxy) is 2. The van der Waals surface area contributed by atoms with E-state index < -0.39 is 17.4 Å². The summed E-state index contributed by atoms with van der Waals surface area (Å²) in [7, 11) is 0. The summed E-state index contributed by atoms with van der Waals surface area (Å²) < 4.78 is 9.79. The van der Waals surface area contributed by atoms with Crippen LogP contribution in [-0.4, -0.2) is 48.6 Å². The smallest absolute Gasteiger partial charge is 0.323 e. The molecule has 1 atom stereocenters. The van der Waals surface area contributed by atoms with Crippen LogP contribution in [0.5, 0.6) is 0 Å². The molecule has 0 spiro atoms. The lowest BCUT2D eigenvalue weighted by Crippen LogP contribution is -2.41. The van der Waals surface area contributed by atoms with Crippen LogP contribution in [0.25, 0.3) is 0 Å². The quantitative estimate of drug-likeness (QED) is 0.349. The number of hydrogen-bond acceptors (Lipinski definition) is 5. The Morgan fingerprint density at radius 3 is 2.29 bits per heavy atom. The van der Waals surface area contributed by atoms with Gasteiger partial charge in [-0.1, -0.05) is 6.92 Å². The summed E-state index contributed by atoms with van der Waals surface area (Å²) in [6.07, 6.45) is 0.182. The molecule has 0 aromatic rings. The first-order valence-electron chi connectivity index (χ1n) is 5.64. The predicted octanol–water partition coefficient (Wildman–Crippen LogP) is 0.429. The topological polar surface area (TPSA) is 93.1 Å². The molecule has 2 N–H and O–H groups in total. The number of esters is 1. The number of carbonyl (C=O) groups is 2. The normalized spacial score (nSPS) is 14.1. The van der Waals surface area contributed by atoms with E-state index in [9.17, 15) is 14.7 Å². The number of carboxylic acids is 1. The summed E-state index contributed by atoms with van der Waals surface area (Å²) in [4.78, 5) is 22.9. The van der Waals surface area contributed by atoms with E-state index in [1.165, 1.54) is 0 Å². The average Bonchev–Trinajstić information content (AvgIpc) is 2.29. The van der Waals surface area contributed by atoms with Crippen molar-refractivity contribution in [3.05, 3.63) is 0 Å². The van der Waals surface area contributed by atoms with Gasteiger partial charge in [0.15, 0.2) is 5.41 Å². The first-order valence-corrected chi connectivity index (χ1v) is 5.64. The first kappa shape index (κ1) is 15.9. The summed E-state index contributed by atoms with van der Waals surface area (Å²) in [6, 6.07) is 0. The van der Waals surface area contributed by atoms with E-state index >= 15 is 0 Å². The van der Waals surface area contributed by atoms with Crippen LogP contribution < -0.4 is 0 Å². The maximum Gasteiger partial charge on any atom is 0.323 e. The summed E-state index contributed by atoms with van der Waals surface area (Å²) in [5, 5.41) is 17.7. The monoisotopic (exact) mass is 248 g/mol. The number of carbonyl (C=O) groups excluding carboxylic acids is 1. The molecule has 100 valence electrons. The van der Waals surface area contributed by atoms with Crippen LogP contribution in [0.3, 0.4) is 0 Å². The molecule has 17 heavy (non-hydrogen) atoms. The van der Waals surface area contributed by atoms with Crippen LogP contribution in [0, 0.1) is 5.41 Å². The zero-order chi connectivity index (χ0) is 13.3. The SMILES string of the molecule is CCOC(=O)C(CC)(CCOCCO)C(=O)O. The van der Waals surface area contributed by atoms with Gasteiger partial charge in [0.2, 0.25) is 0 Å². The Hall–Kier alpha value is -1.14. The lowest BCUT2D eigenvalue weighted by molar-refractivity contribution is -0.170. The Morgan fingerprint density at radius 1 is 1.24 bits per heavy atom. The molecule has 1 unspecified atom stereocenters. The minimum atomic E-state index is -1.55. The van der Waals surface area contributed by atoms with Crippen molar-refractivity contribution in [1.82, 2.24) is 0 Å². The largest absolute Gasteiger partial charge is 0.480 e. The van der Waals surface area contributed by atoms with E-state index in [0.717, 1.165) is 0 Å². The third-order valence-corrected chi connectivity index (χ3v) is 2.59. The molecular formula is C11H20O6. The van der Waals surface area contributed by atoms with Crippen molar-refractivity contribution < 1.29 is 29.3 Å². The van der Waals surface area contributed by atoms with Crippen LogP contribution in [0.2, 0.25) is 0 Å². The summed E-state index contributed by atoms with van der Waals surface area (Å²) in [5.74, 6) is -1.94. The van der Waals surface area contributed by atoms with Gasteiger partial charge in [-0.05, 0) is 19.8 Å². The Labute approximate surface area is 101 Å². The second kappa shape index (κ2) is 8.03. The predicted molar refractivity (Wildman–Crippen MR) is 59.5 cm³/mol. The highest BCUT2D eigenvalue weighted by Gasteiger charge is 2.45. The number of carboxylic acid groups (broad SMARTS) is 1. The van der Waals surface area contributed by atoms with Gasteiger partial charge in [-0.2, -0.15) is 0 Å². The van der Waals surface area contributed by atoms with Gasteiger partial charge in [0, 0.05) is 6.61 Å². The van der Waals surface area contributed by atoms with Crippen molar-refractivity contribution in [3.63, 3.8) is 0 Å². The van der Waals surface area contributed by atoms with Crippen molar-refractivity contribution in [3.8, 4) is 0 Å². The summed E-state index contributed by atoms with van der Waals surface area (Å²) in [5.41, 5.74) is -1.55. The van der Waals surface area contributed by atoms with Gasteiger partial charge in [0.1, 0.15) is 0 Å². The average molecular weight is 248 g/mol. The Kier molecular flexibility index (Phi) is 7.49. The maximum atomic E-state index is 11.7. The molecule has 0 radical (unpaired) electrons. The molecule has 0 aromatic carbocycles. The number of aliphatic carboxylic acids is 1. The van der Waals surface area contributed by atoms with Gasteiger partial charge in [0.05, 0.1) is 19.8 Å². The molecule has 6 nitrogen and oxygen atoms in total. The van der Waals surface area contributed by atoms with Crippen molar-refractivity contribution in [2.24, 2.45) is 5.41 Å². The molecule has 0 saturated carbocycles. The van der Waals surface area contributed by atoms with Crippen LogP contribution in [0.4, 0.5) is 0 Å². The Bertz CT molecular complexity index is 252. The highest BCUT2D eigenvalue weighted by molar-refractivity contribution is 5.99. The zero-order valence-corrected chi connectivity index (χ0v) is 10.3. The van der Waals surface area contributed by atoms with Gasteiger partial charge >= 0.3 is 11.9 Å². The fourth-order valence-corrected chi connectivity index (χ4v) is 1.45. The molecule has 0 fully saturated rings. The van der Waals surface area contributed by atoms with Gasteiger partial charge in [-0.25, -0.2) is 0 Å². The molecule has 0 amide bonds. The van der Waals surface area contributed by atoms with E-state index in [2.05, 4.69) is 0 Å². The fourth-order valence-electron chi connectivity index (χ4n) is 1.45. The van der Waals surface area contributed by atoms with Crippen LogP contribution >= 0.6 is 0 Å². The minimum absolute atomic E-state index is 0.0394. The van der Waals surface area contributed by atoms with Crippen LogP contribution in [0.1, 0.15) is 26.7 Å². The molecule has 0 aliphatic rings. The maximum absolute atomic E-state index is 11.7. The minimum Gasteiger partial charge on any atom is -0.480 e. The third-order valence-electron chi connectivity index (χ3n) is 2.59. The van der Waals surface area contributed by atoms with E-state index in [4.69, 9.17) is 14.6 Å². The number of rotatable bonds is 9. The highest BCUT2D eigenvalue weighted by atomic mass is 16.5. The van der Waals surface area contributed by atoms with Crippen molar-refractivity contribution in [1.29, 1.82) is 0 Å². The van der Waals surface area contributed by atoms with Gasteiger partial charge in [-0.3, -0.25) is 9.59 Å². The van der Waals surface area contributed by atoms with Crippen molar-refractivity contribution in [2.75, 3.05) is 26.4 Å². The number of aliphatic hydroxyl groups is 1. The molecule has 0 aliphatic heterocycles. The number of aliphatic hydroxyl groups excluding tert-OH is 1. The second-order valence-corrected chi connectivity index (χ2v) is 3.55. The van der Waals surface area contributed by atoms with Gasteiger partial charge < -0.3 is 19.7 Å². The lowest BCUT2D eigenvalue weighted by Gasteiger charge is -2.25. The van der Waals surface area contributed by atoms with Gasteiger partial charge in [-0.15, -0.1) is 0 Å². The summed E-state index contributed by atoms with van der Waals surface area (Å²) >= 11 is 0. The highest BCUT2D eigenvalue weighted by Crippen LogP contribution is 2.29. The standard InChI is InChI=1S/C11H20O6/c1-3-11(9(13)14,10(15)17-4-2)5-7-16-8-6-12/h12H,3-8H2,1-2H3,(H,13,14). The molecule has 0 bridgehead atoms. The molecule has 6 heteroatoms. The second-order valence-electron chi connectivity index (χ2n) is 3.55. The van der Waals surface area contributed by atoms with Crippen LogP contribution in [-0.2, 0) is 19.1 Å². The van der Waals surface area contributed by atoms with Crippen molar-refractivity contribution >= 4 is 11.9 Å². The van der Waals surface area contributed by atoms with Crippen LogP contribution in [0.15, 0.2) is 0 Å². The molecule has 0 rings (SSSR count). The molecule has 0 heterocycles. The fraction of sp³-hybridized carbons (Fsp3) is 0.818. The first-order chi connectivity index (χ1) is 8.05. The zero-order valence-electron chi connectivity index (χ0n) is 10.3. The molecule has 0 aliphatic carbocycles. The molecular weight excluding hydrogens is 228 g/mol. The van der Waals surface area contributed by atoms with Gasteiger partial charge in [0.25, 0.3) is 0 Å². The Balaban J connectivity index is 4.59. The number of hydrogen-bond donors (Lipinski definition) is 2. The van der Waals surface area contributed by atoms with E-state index in [-0.39, 0.29) is 39.3 Å². The lowest BCUT2D eigenvalue weighted by atomic mass is 9.82. The van der Waals surface area contributed by atoms with Crippen molar-refractivity contribution in [2.45, 2.75) is 26.7 Å². The van der Waals surface area contributed by atoms with E-state index in [1.54, 1.807) is 13.8 Å². The van der Waals surface area contributed by atoms with E-state index in [1.807, 2.05) is 0 Å². The molecule has 0 saturated heterocycles. The third kappa shape index (κ3) is 4.32. The summed E-state index contributed by atoms with van der Waals surface area (Å²) in [6.45, 7) is 3.48. The Morgan fingerprint density at radius 2 is 1.88 bits per heavy atom.